The number of rotatable bonds is 4. The Bertz CT molecular complexity index is 553. The first-order chi connectivity index (χ1) is 11.6. The van der Waals surface area contributed by atoms with Crippen molar-refractivity contribution < 1.29 is 14.3 Å². The minimum absolute atomic E-state index is 0.164. The fourth-order valence-electron chi connectivity index (χ4n) is 3.39. The Morgan fingerprint density at radius 3 is 2.38 bits per heavy atom. The second-order valence-electron chi connectivity index (χ2n) is 6.76. The number of carbonyl (C=O) groups is 1. The van der Waals surface area contributed by atoms with Crippen LogP contribution >= 0.6 is 0 Å². The minimum Gasteiger partial charge on any atom is -0.393 e. The summed E-state index contributed by atoms with van der Waals surface area (Å²) in [6, 6.07) is 6.87. The standard InChI is InChI=1S/C18H26FN3O2/c19-17-4-2-1-3-15(17)13-21-9-11-22(12-10-21)18(24)14-20-7-5-16(23)6-8-20/h1-4,16,23H,5-14H2. The van der Waals surface area contributed by atoms with Crippen LogP contribution in [0.25, 0.3) is 0 Å². The van der Waals surface area contributed by atoms with Crippen molar-refractivity contribution in [2.45, 2.75) is 25.5 Å². The molecule has 2 fully saturated rings. The minimum atomic E-state index is -0.210. The Morgan fingerprint density at radius 1 is 1.04 bits per heavy atom. The van der Waals surface area contributed by atoms with Crippen molar-refractivity contribution in [1.29, 1.82) is 0 Å². The van der Waals surface area contributed by atoms with Gasteiger partial charge in [-0.3, -0.25) is 14.6 Å². The zero-order valence-corrected chi connectivity index (χ0v) is 14.0. The maximum absolute atomic E-state index is 13.7. The van der Waals surface area contributed by atoms with Gasteiger partial charge in [0.25, 0.3) is 0 Å². The quantitative estimate of drug-likeness (QED) is 0.889. The molecule has 0 atom stereocenters. The Balaban J connectivity index is 1.43. The van der Waals surface area contributed by atoms with Crippen LogP contribution in [0.15, 0.2) is 24.3 Å². The van der Waals surface area contributed by atoms with Gasteiger partial charge in [0, 0.05) is 51.4 Å². The van der Waals surface area contributed by atoms with E-state index in [1.807, 2.05) is 17.0 Å². The molecule has 2 aliphatic rings. The van der Waals surface area contributed by atoms with Gasteiger partial charge in [-0.15, -0.1) is 0 Å². The lowest BCUT2D eigenvalue weighted by molar-refractivity contribution is -0.134. The molecule has 1 N–H and O–H groups in total. The number of piperazine rings is 1. The third kappa shape index (κ3) is 4.53. The lowest BCUT2D eigenvalue weighted by Gasteiger charge is -2.36. The number of hydrogen-bond acceptors (Lipinski definition) is 4. The van der Waals surface area contributed by atoms with E-state index < -0.39 is 0 Å². The summed E-state index contributed by atoms with van der Waals surface area (Å²) in [6.45, 7) is 5.57. The third-order valence-corrected chi connectivity index (χ3v) is 4.99. The molecule has 24 heavy (non-hydrogen) atoms. The van der Waals surface area contributed by atoms with E-state index in [0.717, 1.165) is 39.0 Å². The van der Waals surface area contributed by atoms with E-state index in [9.17, 15) is 14.3 Å². The van der Waals surface area contributed by atoms with Crippen LogP contribution in [0, 0.1) is 5.82 Å². The first-order valence-electron chi connectivity index (χ1n) is 8.76. The second-order valence-corrected chi connectivity index (χ2v) is 6.76. The molecule has 6 heteroatoms. The molecular formula is C18H26FN3O2. The number of hydrogen-bond donors (Lipinski definition) is 1. The average Bonchev–Trinajstić information content (AvgIpc) is 2.59. The van der Waals surface area contributed by atoms with Crippen molar-refractivity contribution in [3.63, 3.8) is 0 Å². The predicted octanol–water partition coefficient (Wildman–Crippen LogP) is 0.927. The molecule has 0 aliphatic carbocycles. The van der Waals surface area contributed by atoms with Gasteiger partial charge in [0.1, 0.15) is 5.82 Å². The van der Waals surface area contributed by atoms with Gasteiger partial charge in [0.15, 0.2) is 0 Å². The number of amides is 1. The Hall–Kier alpha value is -1.50. The van der Waals surface area contributed by atoms with E-state index in [4.69, 9.17) is 0 Å². The van der Waals surface area contributed by atoms with Gasteiger partial charge in [-0.1, -0.05) is 18.2 Å². The van der Waals surface area contributed by atoms with Crippen LogP contribution < -0.4 is 0 Å². The maximum Gasteiger partial charge on any atom is 0.236 e. The molecule has 1 aromatic rings. The fourth-order valence-corrected chi connectivity index (χ4v) is 3.39. The lowest BCUT2D eigenvalue weighted by atomic mass is 10.1. The molecule has 0 unspecified atom stereocenters. The SMILES string of the molecule is O=C(CN1CCC(O)CC1)N1CCN(Cc2ccccc2F)CC1. The van der Waals surface area contributed by atoms with E-state index in [1.165, 1.54) is 6.07 Å². The van der Waals surface area contributed by atoms with Gasteiger partial charge in [-0.25, -0.2) is 4.39 Å². The topological polar surface area (TPSA) is 47.0 Å². The monoisotopic (exact) mass is 335 g/mol. The highest BCUT2D eigenvalue weighted by Gasteiger charge is 2.25. The van der Waals surface area contributed by atoms with Crippen molar-refractivity contribution in [2.75, 3.05) is 45.8 Å². The van der Waals surface area contributed by atoms with Crippen molar-refractivity contribution in [1.82, 2.24) is 14.7 Å². The van der Waals surface area contributed by atoms with Crippen molar-refractivity contribution in [3.8, 4) is 0 Å². The largest absolute Gasteiger partial charge is 0.393 e. The molecule has 0 radical (unpaired) electrons. The first-order valence-corrected chi connectivity index (χ1v) is 8.76. The highest BCUT2D eigenvalue weighted by atomic mass is 19.1. The summed E-state index contributed by atoms with van der Waals surface area (Å²) in [5.74, 6) is 0.000207. The fraction of sp³-hybridized carbons (Fsp3) is 0.611. The van der Waals surface area contributed by atoms with E-state index >= 15 is 0 Å². The number of aliphatic hydroxyl groups is 1. The summed E-state index contributed by atoms with van der Waals surface area (Å²) in [5.41, 5.74) is 0.712. The zero-order chi connectivity index (χ0) is 16.9. The summed E-state index contributed by atoms with van der Waals surface area (Å²) in [5, 5.41) is 9.53. The number of likely N-dealkylation sites (tertiary alicyclic amines) is 1. The normalized spacial score (nSPS) is 21.2. The molecule has 1 amide bonds. The molecular weight excluding hydrogens is 309 g/mol. The summed E-state index contributed by atoms with van der Waals surface area (Å²) in [7, 11) is 0. The van der Waals surface area contributed by atoms with E-state index in [0.29, 0.717) is 31.7 Å². The van der Waals surface area contributed by atoms with Gasteiger partial charge in [0.2, 0.25) is 5.91 Å². The molecule has 2 aliphatic heterocycles. The van der Waals surface area contributed by atoms with Crippen molar-refractivity contribution in [2.24, 2.45) is 0 Å². The molecule has 2 saturated heterocycles. The summed E-state index contributed by atoms with van der Waals surface area (Å²) in [4.78, 5) is 18.6. The molecule has 132 valence electrons. The van der Waals surface area contributed by atoms with Crippen LogP contribution in [0.5, 0.6) is 0 Å². The van der Waals surface area contributed by atoms with Gasteiger partial charge in [-0.2, -0.15) is 0 Å². The van der Waals surface area contributed by atoms with Crippen LogP contribution in [0.3, 0.4) is 0 Å². The molecule has 0 saturated carbocycles. The summed E-state index contributed by atoms with van der Waals surface area (Å²) < 4.78 is 13.7. The summed E-state index contributed by atoms with van der Waals surface area (Å²) >= 11 is 0. The van der Waals surface area contributed by atoms with Crippen LogP contribution in [-0.2, 0) is 11.3 Å². The van der Waals surface area contributed by atoms with Gasteiger partial charge in [0.05, 0.1) is 12.6 Å². The van der Waals surface area contributed by atoms with Gasteiger partial charge < -0.3 is 10.0 Å². The predicted molar refractivity (Wildman–Crippen MR) is 89.9 cm³/mol. The molecule has 5 nitrogen and oxygen atoms in total. The Labute approximate surface area is 142 Å². The number of nitrogens with zero attached hydrogens (tertiary/aromatic N) is 3. The number of halogens is 1. The number of benzene rings is 1. The third-order valence-electron chi connectivity index (χ3n) is 4.99. The van der Waals surface area contributed by atoms with Gasteiger partial charge >= 0.3 is 0 Å². The Morgan fingerprint density at radius 2 is 1.71 bits per heavy atom. The number of aliphatic hydroxyl groups excluding tert-OH is 1. The van der Waals surface area contributed by atoms with E-state index in [1.54, 1.807) is 6.07 Å². The zero-order valence-electron chi connectivity index (χ0n) is 14.0. The smallest absolute Gasteiger partial charge is 0.236 e. The molecule has 0 aromatic heterocycles. The highest BCUT2D eigenvalue weighted by Crippen LogP contribution is 2.13. The molecule has 3 rings (SSSR count). The molecule has 0 spiro atoms. The lowest BCUT2D eigenvalue weighted by Crippen LogP contribution is -2.51. The van der Waals surface area contributed by atoms with E-state index in [-0.39, 0.29) is 17.8 Å². The average molecular weight is 335 g/mol. The Kier molecular flexibility index (Phi) is 5.81. The highest BCUT2D eigenvalue weighted by molar-refractivity contribution is 5.78. The maximum atomic E-state index is 13.7. The van der Waals surface area contributed by atoms with Crippen LogP contribution in [-0.4, -0.2) is 77.6 Å². The van der Waals surface area contributed by atoms with E-state index in [2.05, 4.69) is 9.80 Å². The van der Waals surface area contributed by atoms with Crippen LogP contribution in [0.4, 0.5) is 4.39 Å². The first kappa shape index (κ1) is 17.3. The number of carbonyl (C=O) groups excluding carboxylic acids is 1. The van der Waals surface area contributed by atoms with Crippen molar-refractivity contribution >= 4 is 5.91 Å². The molecule has 0 bridgehead atoms. The molecule has 2 heterocycles. The molecule has 1 aromatic carbocycles. The van der Waals surface area contributed by atoms with Crippen LogP contribution in [0.1, 0.15) is 18.4 Å². The van der Waals surface area contributed by atoms with Crippen molar-refractivity contribution in [3.05, 3.63) is 35.6 Å². The van der Waals surface area contributed by atoms with Crippen LogP contribution in [0.2, 0.25) is 0 Å². The summed E-state index contributed by atoms with van der Waals surface area (Å²) in [6.07, 6.45) is 1.30. The van der Waals surface area contributed by atoms with Gasteiger partial charge in [-0.05, 0) is 18.9 Å². The number of piperidine rings is 1. The second kappa shape index (κ2) is 8.05.